The van der Waals surface area contributed by atoms with Crippen molar-refractivity contribution in [2.75, 3.05) is 6.61 Å². The van der Waals surface area contributed by atoms with Crippen LogP contribution >= 0.6 is 0 Å². The Morgan fingerprint density at radius 2 is 1.86 bits per heavy atom. The second-order valence-corrected chi connectivity index (χ2v) is 2.82. The van der Waals surface area contributed by atoms with Crippen LogP contribution in [0, 0.1) is 0 Å². The summed E-state index contributed by atoms with van der Waals surface area (Å²) in [6.07, 6.45) is -0.697. The number of aliphatic carboxylic acids is 1. The van der Waals surface area contributed by atoms with E-state index in [2.05, 4.69) is 4.74 Å². The summed E-state index contributed by atoms with van der Waals surface area (Å²) in [6, 6.07) is -1.14. The normalized spacial score (nSPS) is 12.6. The molecule has 7 nitrogen and oxygen atoms in total. The molecule has 82 valence electrons. The number of hydrogen-bond acceptors (Lipinski definition) is 6. The van der Waals surface area contributed by atoms with Gasteiger partial charge in [0.2, 0.25) is 0 Å². The standard InChI is InChI=1S/C7H15N3O4/c8-4(3-6(11)12)7(13)14-2-1-5(9)10/h4-5H,1-3,8-10H2,(H,11,12)/t4-/m0/s1. The van der Waals surface area contributed by atoms with Gasteiger partial charge in [-0.1, -0.05) is 0 Å². The first-order valence-corrected chi connectivity index (χ1v) is 4.08. The number of hydrogen-bond donors (Lipinski definition) is 4. The fourth-order valence-corrected chi connectivity index (χ4v) is 0.674. The summed E-state index contributed by atoms with van der Waals surface area (Å²) in [7, 11) is 0. The third kappa shape index (κ3) is 6.35. The topological polar surface area (TPSA) is 142 Å². The van der Waals surface area contributed by atoms with E-state index >= 15 is 0 Å². The van der Waals surface area contributed by atoms with Crippen molar-refractivity contribution >= 4 is 11.9 Å². The van der Waals surface area contributed by atoms with Crippen LogP contribution in [0.2, 0.25) is 0 Å². The average molecular weight is 205 g/mol. The fraction of sp³-hybridized carbons (Fsp3) is 0.714. The maximum atomic E-state index is 11.0. The van der Waals surface area contributed by atoms with Gasteiger partial charge in [-0.15, -0.1) is 0 Å². The zero-order valence-corrected chi connectivity index (χ0v) is 7.68. The lowest BCUT2D eigenvalue weighted by Gasteiger charge is -2.10. The number of esters is 1. The summed E-state index contributed by atoms with van der Waals surface area (Å²) in [4.78, 5) is 21.1. The largest absolute Gasteiger partial charge is 0.481 e. The van der Waals surface area contributed by atoms with Gasteiger partial charge in [0.1, 0.15) is 6.04 Å². The maximum absolute atomic E-state index is 11.0. The van der Waals surface area contributed by atoms with Crippen LogP contribution < -0.4 is 17.2 Å². The number of carboxylic acid groups (broad SMARTS) is 1. The van der Waals surface area contributed by atoms with Crippen LogP contribution in [0.25, 0.3) is 0 Å². The number of carboxylic acids is 1. The van der Waals surface area contributed by atoms with Crippen molar-refractivity contribution in [2.24, 2.45) is 17.2 Å². The van der Waals surface area contributed by atoms with E-state index < -0.39 is 30.6 Å². The smallest absolute Gasteiger partial charge is 0.323 e. The summed E-state index contributed by atoms with van der Waals surface area (Å²) in [5, 5.41) is 8.32. The molecule has 0 aromatic carbocycles. The molecule has 0 aromatic rings. The number of nitrogens with two attached hydrogens (primary N) is 3. The van der Waals surface area contributed by atoms with Crippen LogP contribution in [-0.4, -0.2) is 35.9 Å². The molecule has 0 heterocycles. The van der Waals surface area contributed by atoms with E-state index in [1.54, 1.807) is 0 Å². The number of ether oxygens (including phenoxy) is 1. The molecule has 0 aliphatic heterocycles. The van der Waals surface area contributed by atoms with Gasteiger partial charge in [-0.2, -0.15) is 0 Å². The van der Waals surface area contributed by atoms with Crippen molar-refractivity contribution in [3.05, 3.63) is 0 Å². The van der Waals surface area contributed by atoms with Crippen molar-refractivity contribution in [1.29, 1.82) is 0 Å². The maximum Gasteiger partial charge on any atom is 0.323 e. The minimum atomic E-state index is -1.15. The van der Waals surface area contributed by atoms with Crippen LogP contribution in [0.1, 0.15) is 12.8 Å². The molecule has 0 saturated carbocycles. The lowest BCUT2D eigenvalue weighted by molar-refractivity contribution is -0.149. The number of carbonyl (C=O) groups is 2. The number of carbonyl (C=O) groups excluding carboxylic acids is 1. The zero-order chi connectivity index (χ0) is 11.1. The van der Waals surface area contributed by atoms with E-state index in [0.717, 1.165) is 0 Å². The highest BCUT2D eigenvalue weighted by atomic mass is 16.5. The molecule has 0 radical (unpaired) electrons. The third-order valence-corrected chi connectivity index (χ3v) is 1.39. The summed E-state index contributed by atoms with van der Waals surface area (Å²) in [5.74, 6) is -1.90. The minimum Gasteiger partial charge on any atom is -0.481 e. The molecular formula is C7H15N3O4. The Hall–Kier alpha value is -1.18. The van der Waals surface area contributed by atoms with Crippen molar-refractivity contribution in [2.45, 2.75) is 25.0 Å². The van der Waals surface area contributed by atoms with Crippen molar-refractivity contribution in [1.82, 2.24) is 0 Å². The summed E-state index contributed by atoms with van der Waals surface area (Å²) < 4.78 is 4.63. The molecule has 0 aromatic heterocycles. The highest BCUT2D eigenvalue weighted by Crippen LogP contribution is 1.93. The Morgan fingerprint density at radius 1 is 1.29 bits per heavy atom. The molecule has 0 unspecified atom stereocenters. The molecule has 14 heavy (non-hydrogen) atoms. The first-order valence-electron chi connectivity index (χ1n) is 4.08. The Bertz CT molecular complexity index is 207. The lowest BCUT2D eigenvalue weighted by Crippen LogP contribution is -2.36. The van der Waals surface area contributed by atoms with Gasteiger partial charge in [-0.25, -0.2) is 0 Å². The van der Waals surface area contributed by atoms with E-state index in [4.69, 9.17) is 22.3 Å². The molecular weight excluding hydrogens is 190 g/mol. The minimum absolute atomic E-state index is 0.0455. The molecule has 0 saturated heterocycles. The SMILES string of the molecule is NC(N)CCOC(=O)[C@@H](N)CC(=O)O. The van der Waals surface area contributed by atoms with Gasteiger partial charge in [-0.05, 0) is 0 Å². The molecule has 0 rings (SSSR count). The van der Waals surface area contributed by atoms with Crippen molar-refractivity contribution < 1.29 is 19.4 Å². The zero-order valence-electron chi connectivity index (χ0n) is 7.68. The molecule has 1 atom stereocenters. The molecule has 0 fully saturated rings. The summed E-state index contributed by atoms with van der Waals surface area (Å²) in [5.41, 5.74) is 15.6. The third-order valence-electron chi connectivity index (χ3n) is 1.39. The highest BCUT2D eigenvalue weighted by molar-refractivity contribution is 5.81. The highest BCUT2D eigenvalue weighted by Gasteiger charge is 2.18. The van der Waals surface area contributed by atoms with E-state index in [0.29, 0.717) is 6.42 Å². The molecule has 0 amide bonds. The van der Waals surface area contributed by atoms with Gasteiger partial charge in [-0.3, -0.25) is 9.59 Å². The van der Waals surface area contributed by atoms with E-state index in [1.165, 1.54) is 0 Å². The second-order valence-electron chi connectivity index (χ2n) is 2.82. The van der Waals surface area contributed by atoms with Gasteiger partial charge < -0.3 is 27.0 Å². The van der Waals surface area contributed by atoms with Crippen LogP contribution in [0.3, 0.4) is 0 Å². The second kappa shape index (κ2) is 6.30. The molecule has 0 aliphatic rings. The predicted octanol–water partition coefficient (Wildman–Crippen LogP) is -2.03. The average Bonchev–Trinajstić information content (AvgIpc) is 2.01. The van der Waals surface area contributed by atoms with Crippen molar-refractivity contribution in [3.63, 3.8) is 0 Å². The monoisotopic (exact) mass is 205 g/mol. The Balaban J connectivity index is 3.67. The van der Waals surface area contributed by atoms with Crippen LogP contribution in [0.15, 0.2) is 0 Å². The Morgan fingerprint density at radius 3 is 2.29 bits per heavy atom. The molecule has 7 N–H and O–H groups in total. The van der Waals surface area contributed by atoms with Crippen LogP contribution in [0.4, 0.5) is 0 Å². The van der Waals surface area contributed by atoms with Gasteiger partial charge in [0.25, 0.3) is 0 Å². The van der Waals surface area contributed by atoms with Gasteiger partial charge in [0.15, 0.2) is 0 Å². The summed E-state index contributed by atoms with van der Waals surface area (Å²) in [6.45, 7) is 0.0455. The Labute approximate surface area is 81.2 Å². The van der Waals surface area contributed by atoms with E-state index in [1.807, 2.05) is 0 Å². The quantitative estimate of drug-likeness (QED) is 0.289. The van der Waals surface area contributed by atoms with E-state index in [-0.39, 0.29) is 6.61 Å². The summed E-state index contributed by atoms with van der Waals surface area (Å²) >= 11 is 0. The molecule has 0 spiro atoms. The molecule has 0 aliphatic carbocycles. The lowest BCUT2D eigenvalue weighted by atomic mass is 10.2. The van der Waals surface area contributed by atoms with Crippen molar-refractivity contribution in [3.8, 4) is 0 Å². The Kier molecular flexibility index (Phi) is 5.77. The van der Waals surface area contributed by atoms with Crippen LogP contribution in [0.5, 0.6) is 0 Å². The van der Waals surface area contributed by atoms with Crippen LogP contribution in [-0.2, 0) is 14.3 Å². The van der Waals surface area contributed by atoms with Gasteiger partial charge >= 0.3 is 11.9 Å². The number of rotatable bonds is 6. The molecule has 0 bridgehead atoms. The van der Waals surface area contributed by atoms with E-state index in [9.17, 15) is 9.59 Å². The first-order chi connectivity index (χ1) is 6.43. The molecule has 7 heteroatoms. The fourth-order valence-electron chi connectivity index (χ4n) is 0.674. The first kappa shape index (κ1) is 12.8. The predicted molar refractivity (Wildman–Crippen MR) is 48.0 cm³/mol. The van der Waals surface area contributed by atoms with Gasteiger partial charge in [0, 0.05) is 6.42 Å². The van der Waals surface area contributed by atoms with Gasteiger partial charge in [0.05, 0.1) is 19.2 Å².